The first-order valence-corrected chi connectivity index (χ1v) is 19.2. The van der Waals surface area contributed by atoms with E-state index in [1.807, 2.05) is 48.5 Å². The Morgan fingerprint density at radius 3 is 2.09 bits per heavy atom. The molecule has 1 aliphatic rings. The lowest BCUT2D eigenvalue weighted by Crippen LogP contribution is -2.58. The van der Waals surface area contributed by atoms with Gasteiger partial charge in [0, 0.05) is 25.5 Å². The van der Waals surface area contributed by atoms with E-state index in [0.29, 0.717) is 37.8 Å². The molecule has 1 aliphatic heterocycles. The van der Waals surface area contributed by atoms with Crippen molar-refractivity contribution in [3.05, 3.63) is 108 Å². The number of phosphoric ester groups is 1. The molecule has 0 aliphatic carbocycles. The molecule has 3 aromatic carbocycles. The highest BCUT2D eigenvalue weighted by molar-refractivity contribution is 7.46. The van der Waals surface area contributed by atoms with Crippen LogP contribution in [0, 0.1) is 0 Å². The van der Waals surface area contributed by atoms with Gasteiger partial charge in [0.1, 0.15) is 29.9 Å². The van der Waals surface area contributed by atoms with Crippen LogP contribution in [-0.4, -0.2) is 81.5 Å². The number of hydrogen-bond acceptors (Lipinski definition) is 8. The summed E-state index contributed by atoms with van der Waals surface area (Å²) in [4.78, 5) is 86.7. The zero-order valence-corrected chi connectivity index (χ0v) is 30.6. The summed E-state index contributed by atoms with van der Waals surface area (Å²) in [6.07, 6.45) is 5.09. The maximum absolute atomic E-state index is 14.1. The van der Waals surface area contributed by atoms with E-state index < -0.39 is 61.5 Å². The topological polar surface area (TPSA) is 243 Å². The van der Waals surface area contributed by atoms with Gasteiger partial charge in [0.2, 0.25) is 29.5 Å². The van der Waals surface area contributed by atoms with E-state index in [9.17, 15) is 28.5 Å². The van der Waals surface area contributed by atoms with E-state index in [1.54, 1.807) is 18.2 Å². The normalized spacial score (nSPS) is 15.9. The fourth-order valence-electron chi connectivity index (χ4n) is 6.09. The number of benzene rings is 3. The quantitative estimate of drug-likeness (QED) is 0.0530. The Morgan fingerprint density at radius 2 is 1.46 bits per heavy atom. The molecule has 5 amide bonds. The molecule has 54 heavy (non-hydrogen) atoms. The highest BCUT2D eigenvalue weighted by Gasteiger charge is 2.39. The monoisotopic (exact) mass is 762 g/mol. The molecule has 0 saturated carbocycles. The summed E-state index contributed by atoms with van der Waals surface area (Å²) >= 11 is 0. The number of likely N-dealkylation sites (tertiary alicyclic amines) is 1. The number of unbranched alkanes of at least 4 members (excludes halogenated alkanes) is 1. The number of hydrogen-bond donors (Lipinski definition) is 7. The number of primary amides is 1. The maximum Gasteiger partial charge on any atom is 0.524 e. The van der Waals surface area contributed by atoms with Gasteiger partial charge in [0.15, 0.2) is 0 Å². The van der Waals surface area contributed by atoms with Crippen LogP contribution in [0.5, 0.6) is 5.75 Å². The molecule has 0 spiro atoms. The van der Waals surface area contributed by atoms with Gasteiger partial charge in [-0.05, 0) is 73.5 Å². The third-order valence-corrected chi connectivity index (χ3v) is 9.24. The lowest BCUT2D eigenvalue weighted by Gasteiger charge is -2.30. The Kier molecular flexibility index (Phi) is 15.5. The van der Waals surface area contributed by atoms with Gasteiger partial charge in [-0.25, -0.2) is 4.57 Å². The SMILES string of the molecule is NCCCC[C@H](NC(=O)[C@H](Cc1ccc(OP(=O)(O)O)cc1)NC(=O)/C=C/c1ccccc1)C(=O)N1CCC[C@H]1C(=O)N[C@@H](Cc1ccccc1)C(N)=O. The van der Waals surface area contributed by atoms with Gasteiger partial charge in [0.05, 0.1) is 0 Å². The average molecular weight is 763 g/mol. The number of phosphoric acid groups is 1. The smallest absolute Gasteiger partial charge is 0.404 e. The summed E-state index contributed by atoms with van der Waals surface area (Å²) in [6, 6.07) is 19.6. The minimum Gasteiger partial charge on any atom is -0.404 e. The Balaban J connectivity index is 1.53. The van der Waals surface area contributed by atoms with Gasteiger partial charge >= 0.3 is 7.82 Å². The van der Waals surface area contributed by atoms with Gasteiger partial charge < -0.3 is 36.8 Å². The van der Waals surface area contributed by atoms with Crippen molar-refractivity contribution in [2.45, 2.75) is 69.1 Å². The van der Waals surface area contributed by atoms with E-state index in [0.717, 1.165) is 11.1 Å². The van der Waals surface area contributed by atoms with E-state index in [-0.39, 0.29) is 31.6 Å². The number of nitrogens with one attached hydrogen (secondary N) is 3. The van der Waals surface area contributed by atoms with Crippen LogP contribution in [0.3, 0.4) is 0 Å². The molecule has 9 N–H and O–H groups in total. The van der Waals surface area contributed by atoms with Crippen LogP contribution >= 0.6 is 7.82 Å². The highest BCUT2D eigenvalue weighted by atomic mass is 31.2. The minimum absolute atomic E-state index is 0.0542. The number of amides is 5. The number of nitrogens with two attached hydrogens (primary N) is 2. The molecule has 15 nitrogen and oxygen atoms in total. The first-order chi connectivity index (χ1) is 25.8. The van der Waals surface area contributed by atoms with Crippen LogP contribution in [0.15, 0.2) is 91.0 Å². The Hall–Kier alpha value is -5.34. The molecular weight excluding hydrogens is 715 g/mol. The van der Waals surface area contributed by atoms with Gasteiger partial charge in [0.25, 0.3) is 0 Å². The molecule has 1 heterocycles. The zero-order chi connectivity index (χ0) is 39.1. The fraction of sp³-hybridized carbons (Fsp3) is 0.342. The molecule has 4 rings (SSSR count). The van der Waals surface area contributed by atoms with Crippen molar-refractivity contribution >= 4 is 43.4 Å². The molecule has 0 bridgehead atoms. The van der Waals surface area contributed by atoms with Gasteiger partial charge in [-0.1, -0.05) is 72.8 Å². The van der Waals surface area contributed by atoms with E-state index in [1.165, 1.54) is 35.2 Å². The lowest BCUT2D eigenvalue weighted by molar-refractivity contribution is -0.142. The Bertz CT molecular complexity index is 1800. The zero-order valence-electron chi connectivity index (χ0n) is 29.7. The summed E-state index contributed by atoms with van der Waals surface area (Å²) in [5.41, 5.74) is 13.4. The standard InChI is InChI=1S/C38H47N6O9P/c39-22-8-7-14-30(38(49)44-23-9-15-33(44)37(48)43-31(35(40)46)24-27-12-5-2-6-13-27)42-36(47)32(41-34(45)21-18-26-10-3-1-4-11-26)25-28-16-19-29(20-17-28)53-54(50,51)52/h1-6,10-13,16-21,30-33H,7-9,14-15,22-25,39H2,(H2,40,46)(H,41,45)(H,42,47)(H,43,48)(H2,50,51,52)/b21-18+/t30-,31-,32-,33-/m0/s1. The summed E-state index contributed by atoms with van der Waals surface area (Å²) < 4.78 is 15.9. The van der Waals surface area contributed by atoms with E-state index in [4.69, 9.17) is 21.3 Å². The molecule has 288 valence electrons. The van der Waals surface area contributed by atoms with Crippen molar-refractivity contribution in [2.24, 2.45) is 11.5 Å². The van der Waals surface area contributed by atoms with Crippen molar-refractivity contribution in [3.8, 4) is 5.75 Å². The number of rotatable bonds is 19. The van der Waals surface area contributed by atoms with Crippen molar-refractivity contribution < 1.29 is 42.8 Å². The summed E-state index contributed by atoms with van der Waals surface area (Å²) in [6.45, 7) is 0.598. The van der Waals surface area contributed by atoms with E-state index >= 15 is 0 Å². The first-order valence-electron chi connectivity index (χ1n) is 17.6. The highest BCUT2D eigenvalue weighted by Crippen LogP contribution is 2.37. The van der Waals surface area contributed by atoms with E-state index in [2.05, 4.69) is 20.5 Å². The first kappa shape index (κ1) is 41.4. The molecule has 1 saturated heterocycles. The third-order valence-electron chi connectivity index (χ3n) is 8.79. The van der Waals surface area contributed by atoms with Gasteiger partial charge in [-0.2, -0.15) is 0 Å². The molecule has 0 unspecified atom stereocenters. The molecular formula is C38H47N6O9P. The second kappa shape index (κ2) is 20.2. The predicted octanol–water partition coefficient (Wildman–Crippen LogP) is 1.72. The van der Waals surface area contributed by atoms with Crippen molar-refractivity contribution in [2.75, 3.05) is 13.1 Å². The number of carbonyl (C=O) groups excluding carboxylic acids is 5. The van der Waals surface area contributed by atoms with Crippen molar-refractivity contribution in [1.29, 1.82) is 0 Å². The summed E-state index contributed by atoms with van der Waals surface area (Å²) in [7, 11) is -4.80. The second-order valence-electron chi connectivity index (χ2n) is 12.9. The van der Waals surface area contributed by atoms with Crippen LogP contribution in [0.2, 0.25) is 0 Å². The van der Waals surface area contributed by atoms with Crippen LogP contribution in [0.1, 0.15) is 48.8 Å². The maximum atomic E-state index is 14.1. The molecule has 4 atom stereocenters. The Labute approximate surface area is 313 Å². The molecule has 1 fully saturated rings. The molecule has 16 heteroatoms. The van der Waals surface area contributed by atoms with Gasteiger partial charge in [-0.3, -0.25) is 33.8 Å². The van der Waals surface area contributed by atoms with Crippen LogP contribution < -0.4 is 31.9 Å². The number of carbonyl (C=O) groups is 5. The average Bonchev–Trinajstić information content (AvgIpc) is 3.64. The largest absolute Gasteiger partial charge is 0.524 e. The molecule has 0 radical (unpaired) electrons. The Morgan fingerprint density at radius 1 is 0.833 bits per heavy atom. The van der Waals surface area contributed by atoms with Gasteiger partial charge in [-0.15, -0.1) is 0 Å². The molecule has 3 aromatic rings. The second-order valence-corrected chi connectivity index (χ2v) is 14.1. The summed E-state index contributed by atoms with van der Waals surface area (Å²) in [5, 5.41) is 8.22. The lowest BCUT2D eigenvalue weighted by atomic mass is 10.0. The predicted molar refractivity (Wildman–Crippen MR) is 201 cm³/mol. The minimum atomic E-state index is -4.80. The van der Waals surface area contributed by atoms with Crippen LogP contribution in [-0.2, 0) is 41.4 Å². The third kappa shape index (κ3) is 13.3. The van der Waals surface area contributed by atoms with Crippen molar-refractivity contribution in [3.63, 3.8) is 0 Å². The van der Waals surface area contributed by atoms with Crippen LogP contribution in [0.4, 0.5) is 0 Å². The van der Waals surface area contributed by atoms with Crippen LogP contribution in [0.25, 0.3) is 6.08 Å². The summed E-state index contributed by atoms with van der Waals surface area (Å²) in [5.74, 6) is -3.10. The molecule has 0 aromatic heterocycles. The van der Waals surface area contributed by atoms with Crippen molar-refractivity contribution in [1.82, 2.24) is 20.9 Å². The number of nitrogens with zero attached hydrogens (tertiary/aromatic N) is 1. The fourth-order valence-corrected chi connectivity index (χ4v) is 6.49.